The predicted octanol–water partition coefficient (Wildman–Crippen LogP) is 6.42. The average Bonchev–Trinajstić information content (AvgIpc) is 3.28. The van der Waals surface area contributed by atoms with E-state index in [2.05, 4.69) is 231 Å². The predicted molar refractivity (Wildman–Crippen MR) is 204 cm³/mol. The van der Waals surface area contributed by atoms with Gasteiger partial charge < -0.3 is 0 Å². The molecule has 6 nitrogen and oxygen atoms in total. The summed E-state index contributed by atoms with van der Waals surface area (Å²) in [5, 5.41) is 7.55. The fourth-order valence-corrected chi connectivity index (χ4v) is 14.8. The van der Waals surface area contributed by atoms with Gasteiger partial charge in [0.2, 0.25) is 0 Å². The molecule has 0 aromatic heterocycles. The zero-order chi connectivity index (χ0) is 38.4. The first-order chi connectivity index (χ1) is 25.3. The van der Waals surface area contributed by atoms with Gasteiger partial charge in [-0.15, -0.1) is 4.17 Å². The van der Waals surface area contributed by atoms with Crippen LogP contribution in [0.5, 0.6) is 0 Å². The zero-order valence-electron chi connectivity index (χ0n) is 28.0. The Hall–Kier alpha value is -4.36. The van der Waals surface area contributed by atoms with Crippen molar-refractivity contribution < 1.29 is 40.6 Å². The molecule has 0 heterocycles. The molecule has 0 atom stereocenters. The van der Waals surface area contributed by atoms with Crippen LogP contribution in [0.1, 0.15) is 0 Å². The van der Waals surface area contributed by atoms with Crippen LogP contribution < -0.4 is 36.0 Å². The van der Waals surface area contributed by atoms with Crippen molar-refractivity contribution in [3.8, 4) is 0 Å². The van der Waals surface area contributed by atoms with Gasteiger partial charge >= 0.3 is 92.5 Å². The van der Waals surface area contributed by atoms with E-state index < -0.39 is 14.1 Å². The van der Waals surface area contributed by atoms with E-state index in [1.807, 2.05) is 5.82 Å². The summed E-state index contributed by atoms with van der Waals surface area (Å²) < 4.78 is 43.9. The molecule has 0 N–H and O–H groups in total. The molecule has 0 spiro atoms. The molecule has 0 amide bonds. The van der Waals surface area contributed by atoms with Crippen molar-refractivity contribution in [1.82, 2.24) is 4.17 Å². The van der Waals surface area contributed by atoms with Crippen LogP contribution in [0.25, 0.3) is 0 Å². The van der Waals surface area contributed by atoms with Crippen molar-refractivity contribution >= 4 is 61.9 Å². The second-order valence-corrected chi connectivity index (χ2v) is 15.7. The molecular weight excluding hydrogens is 791 g/mol. The van der Waals surface area contributed by atoms with Gasteiger partial charge in [0.15, 0.2) is 0 Å². The Morgan fingerprint density at radius 3 is 0.538 bits per heavy atom. The molecule has 10 heteroatoms. The molecule has 0 saturated heterocycles. The van der Waals surface area contributed by atoms with Crippen molar-refractivity contribution in [1.29, 1.82) is 0 Å². The third-order valence-electron chi connectivity index (χ3n) is 7.05. The maximum Gasteiger partial charge on any atom is 0.301 e. The molecular formula is C42H33CrNO5P2Se+. The summed E-state index contributed by atoms with van der Waals surface area (Å²) in [7, 11) is -4.99. The SMILES string of the molecule is C[Se].[C-]#[O+].[C-]#[O+].[C-]#[O+].[C-]#[O+].[C-]#[O+].[Cr].c1ccc(P(=[N+]=P(c2ccccc2)(c2ccccc2)c2ccccc2)(c2ccccc2)c2ccccc2)cc1. The fourth-order valence-electron chi connectivity index (χ4n) is 5.27. The van der Waals surface area contributed by atoms with Crippen molar-refractivity contribution in [2.45, 2.75) is 5.82 Å². The molecule has 1 radical (unpaired) electrons. The van der Waals surface area contributed by atoms with Crippen molar-refractivity contribution in [2.24, 2.45) is 0 Å². The molecule has 6 aromatic rings. The minimum atomic E-state index is -2.50. The van der Waals surface area contributed by atoms with Gasteiger partial charge in [0, 0.05) is 17.4 Å². The van der Waals surface area contributed by atoms with Crippen LogP contribution in [-0.2, 0) is 40.6 Å². The second kappa shape index (κ2) is 30.3. The zero-order valence-corrected chi connectivity index (χ0v) is 32.8. The third kappa shape index (κ3) is 12.4. The summed E-state index contributed by atoms with van der Waals surface area (Å²) in [5.41, 5.74) is 0. The third-order valence-corrected chi connectivity index (χ3v) is 15.5. The second-order valence-electron chi connectivity index (χ2n) is 9.37. The Balaban J connectivity index is 0. The Labute approximate surface area is 326 Å². The smallest absolute Gasteiger partial charge is 0.148 e. The summed E-state index contributed by atoms with van der Waals surface area (Å²) in [5.74, 6) is 1.88. The van der Waals surface area contributed by atoms with Gasteiger partial charge in [-0.1, -0.05) is 109 Å². The van der Waals surface area contributed by atoms with Crippen LogP contribution in [0.3, 0.4) is 0 Å². The quantitative estimate of drug-likeness (QED) is 0.0607. The van der Waals surface area contributed by atoms with Crippen LogP contribution in [0.4, 0.5) is 0 Å². The number of nitrogens with zero attached hydrogens (tertiary/aromatic N) is 1. The number of rotatable bonds is 6. The van der Waals surface area contributed by atoms with Crippen LogP contribution in [0.15, 0.2) is 182 Å². The van der Waals surface area contributed by atoms with E-state index in [9.17, 15) is 0 Å². The summed E-state index contributed by atoms with van der Waals surface area (Å²) in [4.78, 5) is 0. The Morgan fingerprint density at radius 1 is 0.308 bits per heavy atom. The molecule has 0 bridgehead atoms. The molecule has 52 heavy (non-hydrogen) atoms. The largest absolute Gasteiger partial charge is 0.301 e. The Bertz CT molecular complexity index is 1660. The Morgan fingerprint density at radius 2 is 0.423 bits per heavy atom. The molecule has 0 aliphatic heterocycles. The fraction of sp³-hybridized carbons (Fsp3) is 0.0238. The van der Waals surface area contributed by atoms with Gasteiger partial charge in [0.1, 0.15) is 0 Å². The molecule has 6 aromatic carbocycles. The van der Waals surface area contributed by atoms with E-state index in [1.54, 1.807) is 0 Å². The molecule has 6 rings (SSSR count). The van der Waals surface area contributed by atoms with Crippen LogP contribution in [0.2, 0.25) is 5.82 Å². The topological polar surface area (TPSA) is 114 Å². The van der Waals surface area contributed by atoms with Gasteiger partial charge in [-0.05, 0) is 72.8 Å². The van der Waals surface area contributed by atoms with Crippen molar-refractivity contribution in [3.05, 3.63) is 215 Å². The van der Waals surface area contributed by atoms with Crippen molar-refractivity contribution in [2.75, 3.05) is 0 Å². The number of hydrogen-bond donors (Lipinski definition) is 0. The van der Waals surface area contributed by atoms with Gasteiger partial charge in [-0.25, -0.2) is 0 Å². The first-order valence-electron chi connectivity index (χ1n) is 14.6. The van der Waals surface area contributed by atoms with Crippen LogP contribution in [0, 0.1) is 33.3 Å². The van der Waals surface area contributed by atoms with Gasteiger partial charge in [-0.2, -0.15) is 0 Å². The minimum absolute atomic E-state index is 0. The van der Waals surface area contributed by atoms with Crippen LogP contribution in [-0.4, -0.2) is 16.0 Å². The maximum absolute atomic E-state index is 7.50. The molecule has 0 aliphatic rings. The summed E-state index contributed by atoms with van der Waals surface area (Å²) >= 11 is 2.62. The normalized spacial score (nSPS) is 8.92. The number of benzene rings is 6. The molecule has 0 saturated carbocycles. The van der Waals surface area contributed by atoms with Crippen molar-refractivity contribution in [3.63, 3.8) is 0 Å². The van der Waals surface area contributed by atoms with E-state index in [1.165, 1.54) is 31.8 Å². The van der Waals surface area contributed by atoms with Crippen LogP contribution >= 0.6 is 14.1 Å². The molecule has 0 fully saturated rings. The Kier molecular flexibility index (Phi) is 29.0. The van der Waals surface area contributed by atoms with E-state index >= 15 is 0 Å². The van der Waals surface area contributed by atoms with Gasteiger partial charge in [-0.3, -0.25) is 0 Å². The monoisotopic (exact) mass is 825 g/mol. The summed E-state index contributed by atoms with van der Waals surface area (Å²) in [6.07, 6.45) is 0. The summed E-state index contributed by atoms with van der Waals surface area (Å²) in [6.45, 7) is 22.5. The molecule has 0 unspecified atom stereocenters. The molecule has 0 aliphatic carbocycles. The first-order valence-corrected chi connectivity index (χ1v) is 19.8. The van der Waals surface area contributed by atoms with Gasteiger partial charge in [0.05, 0.1) is 31.8 Å². The maximum atomic E-state index is 7.50. The minimum Gasteiger partial charge on any atom is -0.148 e. The van der Waals surface area contributed by atoms with Gasteiger partial charge in [0.25, 0.3) is 0 Å². The molecule has 257 valence electrons. The average molecular weight is 825 g/mol. The standard InChI is InChI=1S/C36H30NP2.5CO.CH3Se.Cr/c1-7-19-31(20-8-1)38(32-21-9-2-10-22-32,33-23-11-3-12-24-33)37-39(34-25-13-4-14-26-34,35-27-15-5-16-28-35)36-29-17-6-18-30-36;6*1-2;/h1-30H;;;;;;1H3;/q+1;;;;;;;. The van der Waals surface area contributed by atoms with E-state index in [0.29, 0.717) is 0 Å². The van der Waals surface area contributed by atoms with E-state index in [4.69, 9.17) is 27.4 Å². The van der Waals surface area contributed by atoms with E-state index in [-0.39, 0.29) is 17.4 Å². The van der Waals surface area contributed by atoms with E-state index in [0.717, 1.165) is 0 Å². The number of hydrogen-bond acceptors (Lipinski definition) is 0. The summed E-state index contributed by atoms with van der Waals surface area (Å²) in [6, 6.07) is 65.7. The first kappa shape index (κ1) is 49.8.